The Morgan fingerprint density at radius 1 is 1.22 bits per heavy atom. The number of allylic oxidation sites excluding steroid dienone is 4. The van der Waals surface area contributed by atoms with Gasteiger partial charge >= 0.3 is 0 Å². The summed E-state index contributed by atoms with van der Waals surface area (Å²) in [6.07, 6.45) is 11.5. The van der Waals surface area contributed by atoms with Gasteiger partial charge < -0.3 is 0 Å². The molecule has 0 atom stereocenters. The van der Waals surface area contributed by atoms with Crippen molar-refractivity contribution in [3.05, 3.63) is 24.3 Å². The first kappa shape index (κ1) is 5.72. The van der Waals surface area contributed by atoms with E-state index in [1.54, 1.807) is 0 Å². The molecular formula is C8H9Br. The molecule has 0 unspecified atom stereocenters. The van der Waals surface area contributed by atoms with Gasteiger partial charge in [-0.15, -0.1) is 0 Å². The summed E-state index contributed by atoms with van der Waals surface area (Å²) in [5, 5.41) is 0. The molecule has 0 spiro atoms. The van der Waals surface area contributed by atoms with E-state index < -0.39 is 0 Å². The Labute approximate surface area is 63.8 Å². The Morgan fingerprint density at radius 3 is 2.22 bits per heavy atom. The molecule has 0 aliphatic heterocycles. The number of alkyl halides is 1. The number of halogens is 1. The van der Waals surface area contributed by atoms with E-state index in [1.165, 1.54) is 12.8 Å². The van der Waals surface area contributed by atoms with E-state index in [1.807, 2.05) is 0 Å². The van der Waals surface area contributed by atoms with Crippen molar-refractivity contribution in [2.24, 2.45) is 5.92 Å². The van der Waals surface area contributed by atoms with Gasteiger partial charge in [-0.05, 0) is 12.8 Å². The van der Waals surface area contributed by atoms with Crippen molar-refractivity contribution < 1.29 is 0 Å². The van der Waals surface area contributed by atoms with Crippen LogP contribution in [0.5, 0.6) is 0 Å². The van der Waals surface area contributed by atoms with Crippen LogP contribution in [0.2, 0.25) is 0 Å². The summed E-state index contributed by atoms with van der Waals surface area (Å²) in [6.45, 7) is 0. The maximum absolute atomic E-state index is 3.71. The largest absolute Gasteiger partial charge is 0.0843 e. The van der Waals surface area contributed by atoms with Crippen LogP contribution in [0.1, 0.15) is 12.8 Å². The normalized spacial score (nSPS) is 29.4. The summed E-state index contributed by atoms with van der Waals surface area (Å²) in [4.78, 5) is 0. The first-order valence-corrected chi connectivity index (χ1v) is 4.14. The monoisotopic (exact) mass is 184 g/mol. The van der Waals surface area contributed by atoms with Crippen LogP contribution < -0.4 is 0 Å². The predicted octanol–water partition coefficient (Wildman–Crippen LogP) is 2.66. The lowest BCUT2D eigenvalue weighted by Crippen LogP contribution is -2.07. The Morgan fingerprint density at radius 2 is 1.78 bits per heavy atom. The summed E-state index contributed by atoms with van der Waals surface area (Å²) in [7, 11) is 0. The van der Waals surface area contributed by atoms with Gasteiger partial charge in [0, 0.05) is 10.2 Å². The van der Waals surface area contributed by atoms with Gasteiger partial charge in [0.1, 0.15) is 0 Å². The van der Waals surface area contributed by atoms with Crippen LogP contribution in [0, 0.1) is 5.92 Å². The molecule has 2 aliphatic carbocycles. The highest BCUT2D eigenvalue weighted by atomic mass is 79.9. The topological polar surface area (TPSA) is 0 Å². The Hall–Kier alpha value is -0.0400. The highest BCUT2D eigenvalue weighted by Crippen LogP contribution is 2.52. The van der Waals surface area contributed by atoms with Crippen LogP contribution in [0.25, 0.3) is 0 Å². The van der Waals surface area contributed by atoms with Crippen molar-refractivity contribution in [3.8, 4) is 0 Å². The fourth-order valence-electron chi connectivity index (χ4n) is 1.23. The first-order valence-electron chi connectivity index (χ1n) is 3.35. The zero-order valence-corrected chi connectivity index (χ0v) is 6.76. The molecule has 1 fully saturated rings. The molecule has 0 saturated heterocycles. The summed E-state index contributed by atoms with van der Waals surface area (Å²) in [6, 6.07) is 0. The van der Waals surface area contributed by atoms with E-state index in [2.05, 4.69) is 40.2 Å². The van der Waals surface area contributed by atoms with Crippen LogP contribution in [-0.2, 0) is 0 Å². The highest BCUT2D eigenvalue weighted by molar-refractivity contribution is 9.10. The van der Waals surface area contributed by atoms with Crippen LogP contribution in [0.4, 0.5) is 0 Å². The minimum absolute atomic E-state index is 0.469. The molecular weight excluding hydrogens is 176 g/mol. The van der Waals surface area contributed by atoms with Crippen molar-refractivity contribution in [3.63, 3.8) is 0 Å². The summed E-state index contributed by atoms with van der Waals surface area (Å²) >= 11 is 3.71. The third-order valence-corrected chi connectivity index (χ3v) is 3.39. The fourth-order valence-corrected chi connectivity index (χ4v) is 1.73. The lowest BCUT2D eigenvalue weighted by atomic mass is 10.1. The third kappa shape index (κ3) is 0.877. The quantitative estimate of drug-likeness (QED) is 0.551. The predicted molar refractivity (Wildman–Crippen MR) is 42.7 cm³/mol. The van der Waals surface area contributed by atoms with Crippen molar-refractivity contribution in [2.45, 2.75) is 17.2 Å². The van der Waals surface area contributed by atoms with Gasteiger partial charge in [-0.1, -0.05) is 40.2 Å². The second-order valence-electron chi connectivity index (χ2n) is 2.83. The van der Waals surface area contributed by atoms with Crippen LogP contribution in [-0.4, -0.2) is 4.32 Å². The van der Waals surface area contributed by atoms with Gasteiger partial charge in [-0.25, -0.2) is 0 Å². The molecule has 1 heteroatoms. The van der Waals surface area contributed by atoms with Gasteiger partial charge in [0.15, 0.2) is 0 Å². The van der Waals surface area contributed by atoms with Crippen LogP contribution in [0.15, 0.2) is 24.3 Å². The molecule has 0 radical (unpaired) electrons. The number of hydrogen-bond donors (Lipinski definition) is 0. The van der Waals surface area contributed by atoms with Crippen LogP contribution >= 0.6 is 15.9 Å². The molecule has 0 N–H and O–H groups in total. The number of hydrogen-bond acceptors (Lipinski definition) is 0. The maximum atomic E-state index is 3.71. The second kappa shape index (κ2) is 1.72. The molecule has 0 aromatic heterocycles. The fraction of sp³-hybridized carbons (Fsp3) is 0.500. The SMILES string of the molecule is BrC1(C2C=CC=C2)CC1. The van der Waals surface area contributed by atoms with Gasteiger partial charge in [0.25, 0.3) is 0 Å². The molecule has 2 rings (SSSR count). The average Bonchev–Trinajstić information content (AvgIpc) is 2.46. The molecule has 48 valence electrons. The van der Waals surface area contributed by atoms with Crippen molar-refractivity contribution in [2.75, 3.05) is 0 Å². The van der Waals surface area contributed by atoms with Crippen molar-refractivity contribution in [1.82, 2.24) is 0 Å². The molecule has 2 aliphatic rings. The zero-order chi connectivity index (χ0) is 6.32. The van der Waals surface area contributed by atoms with Gasteiger partial charge in [0.05, 0.1) is 0 Å². The molecule has 9 heavy (non-hydrogen) atoms. The Bertz CT molecular complexity index is 163. The molecule has 0 heterocycles. The minimum atomic E-state index is 0.469. The lowest BCUT2D eigenvalue weighted by molar-refractivity contribution is 0.768. The minimum Gasteiger partial charge on any atom is -0.0843 e. The highest BCUT2D eigenvalue weighted by Gasteiger charge is 2.45. The van der Waals surface area contributed by atoms with E-state index in [9.17, 15) is 0 Å². The molecule has 0 amide bonds. The lowest BCUT2D eigenvalue weighted by Gasteiger charge is -2.09. The first-order chi connectivity index (χ1) is 4.31. The summed E-state index contributed by atoms with van der Waals surface area (Å²) < 4.78 is 0.469. The smallest absolute Gasteiger partial charge is 0.0356 e. The third-order valence-electron chi connectivity index (χ3n) is 2.07. The van der Waals surface area contributed by atoms with Crippen molar-refractivity contribution in [1.29, 1.82) is 0 Å². The Kier molecular flexibility index (Phi) is 1.10. The second-order valence-corrected chi connectivity index (χ2v) is 4.41. The molecule has 0 aromatic rings. The summed E-state index contributed by atoms with van der Waals surface area (Å²) in [5.74, 6) is 0.678. The van der Waals surface area contributed by atoms with Gasteiger partial charge in [-0.3, -0.25) is 0 Å². The zero-order valence-electron chi connectivity index (χ0n) is 5.18. The van der Waals surface area contributed by atoms with Gasteiger partial charge in [-0.2, -0.15) is 0 Å². The van der Waals surface area contributed by atoms with E-state index in [0.29, 0.717) is 10.2 Å². The molecule has 0 bridgehead atoms. The average molecular weight is 185 g/mol. The standard InChI is InChI=1S/C8H9Br/c9-8(5-6-8)7-3-1-2-4-7/h1-4,7H,5-6H2. The van der Waals surface area contributed by atoms with Crippen molar-refractivity contribution >= 4 is 15.9 Å². The maximum Gasteiger partial charge on any atom is 0.0356 e. The van der Waals surface area contributed by atoms with E-state index in [0.717, 1.165) is 0 Å². The molecule has 0 nitrogen and oxygen atoms in total. The van der Waals surface area contributed by atoms with E-state index in [4.69, 9.17) is 0 Å². The molecule has 1 saturated carbocycles. The Balaban J connectivity index is 2.14. The van der Waals surface area contributed by atoms with Gasteiger partial charge in [0.2, 0.25) is 0 Å². The summed E-state index contributed by atoms with van der Waals surface area (Å²) in [5.41, 5.74) is 0. The molecule has 0 aromatic carbocycles. The van der Waals surface area contributed by atoms with E-state index >= 15 is 0 Å². The van der Waals surface area contributed by atoms with Crippen LogP contribution in [0.3, 0.4) is 0 Å². The van der Waals surface area contributed by atoms with E-state index in [-0.39, 0.29) is 0 Å². The number of rotatable bonds is 1.